The van der Waals surface area contributed by atoms with Crippen LogP contribution >= 0.6 is 15.9 Å². The number of hydrogen-bond donors (Lipinski definition) is 1. The first-order valence-corrected chi connectivity index (χ1v) is 7.55. The minimum Gasteiger partial charge on any atom is -0.497 e. The summed E-state index contributed by atoms with van der Waals surface area (Å²) in [6, 6.07) is 5.67. The van der Waals surface area contributed by atoms with Crippen LogP contribution in [0.2, 0.25) is 0 Å². The molecule has 0 heterocycles. The van der Waals surface area contributed by atoms with Gasteiger partial charge in [-0.2, -0.15) is 0 Å². The van der Waals surface area contributed by atoms with E-state index in [4.69, 9.17) is 4.74 Å². The molecule has 2 rings (SSSR count). The molecule has 0 saturated heterocycles. The van der Waals surface area contributed by atoms with Crippen LogP contribution in [0.25, 0.3) is 0 Å². The van der Waals surface area contributed by atoms with Gasteiger partial charge in [0.05, 0.1) is 12.7 Å². The van der Waals surface area contributed by atoms with Gasteiger partial charge in [0.15, 0.2) is 0 Å². The molecule has 1 fully saturated rings. The van der Waals surface area contributed by atoms with Crippen molar-refractivity contribution < 1.29 is 9.53 Å². The lowest BCUT2D eigenvalue weighted by Crippen LogP contribution is -2.37. The van der Waals surface area contributed by atoms with Crippen LogP contribution in [0.15, 0.2) is 22.7 Å². The Morgan fingerprint density at radius 1 is 1.42 bits per heavy atom. The van der Waals surface area contributed by atoms with Crippen LogP contribution in [0.1, 0.15) is 43.0 Å². The summed E-state index contributed by atoms with van der Waals surface area (Å²) in [6.45, 7) is 2.10. The maximum atomic E-state index is 12.3. The molecule has 1 N–H and O–H groups in total. The predicted molar refractivity (Wildman–Crippen MR) is 79.6 cm³/mol. The highest BCUT2D eigenvalue weighted by Gasteiger charge is 2.23. The van der Waals surface area contributed by atoms with Crippen LogP contribution in [-0.4, -0.2) is 19.1 Å². The van der Waals surface area contributed by atoms with E-state index in [1.165, 1.54) is 25.7 Å². The number of carbonyl (C=O) groups excluding carboxylic acids is 1. The van der Waals surface area contributed by atoms with Crippen molar-refractivity contribution in [3.05, 3.63) is 28.2 Å². The number of nitrogens with one attached hydrogen (secondary N) is 1. The summed E-state index contributed by atoms with van der Waals surface area (Å²) in [7, 11) is 1.60. The van der Waals surface area contributed by atoms with E-state index >= 15 is 0 Å². The fourth-order valence-electron chi connectivity index (χ4n) is 2.67. The van der Waals surface area contributed by atoms with E-state index in [1.807, 2.05) is 12.1 Å². The zero-order valence-electron chi connectivity index (χ0n) is 11.4. The molecule has 1 unspecified atom stereocenters. The quantitative estimate of drug-likeness (QED) is 0.915. The molecule has 0 aliphatic heterocycles. The molecule has 1 aliphatic carbocycles. The molecule has 1 saturated carbocycles. The second-order valence-corrected chi connectivity index (χ2v) is 6.01. The van der Waals surface area contributed by atoms with Gasteiger partial charge in [-0.25, -0.2) is 0 Å². The van der Waals surface area contributed by atoms with Crippen molar-refractivity contribution in [1.29, 1.82) is 0 Å². The van der Waals surface area contributed by atoms with E-state index in [1.54, 1.807) is 13.2 Å². The van der Waals surface area contributed by atoms with Crippen molar-refractivity contribution in [2.24, 2.45) is 5.92 Å². The number of halogens is 1. The number of carbonyl (C=O) groups is 1. The van der Waals surface area contributed by atoms with Crippen molar-refractivity contribution in [1.82, 2.24) is 5.32 Å². The Morgan fingerprint density at radius 2 is 2.11 bits per heavy atom. The zero-order chi connectivity index (χ0) is 13.8. The minimum atomic E-state index is -0.0369. The smallest absolute Gasteiger partial charge is 0.252 e. The van der Waals surface area contributed by atoms with Crippen molar-refractivity contribution in [2.45, 2.75) is 38.6 Å². The zero-order valence-corrected chi connectivity index (χ0v) is 13.0. The first kappa shape index (κ1) is 14.4. The topological polar surface area (TPSA) is 38.3 Å². The first-order chi connectivity index (χ1) is 9.11. The van der Waals surface area contributed by atoms with Gasteiger partial charge in [-0.1, -0.05) is 12.8 Å². The van der Waals surface area contributed by atoms with Crippen LogP contribution in [-0.2, 0) is 0 Å². The lowest BCUT2D eigenvalue weighted by Gasteiger charge is -2.20. The molecule has 1 amide bonds. The highest BCUT2D eigenvalue weighted by molar-refractivity contribution is 9.10. The molecule has 1 aromatic carbocycles. The third-order valence-corrected chi connectivity index (χ3v) is 4.58. The monoisotopic (exact) mass is 325 g/mol. The van der Waals surface area contributed by atoms with Crippen LogP contribution in [0, 0.1) is 5.92 Å². The number of rotatable bonds is 4. The molecule has 1 aliphatic rings. The molecule has 1 atom stereocenters. The van der Waals surface area contributed by atoms with Crippen LogP contribution in [0.4, 0.5) is 0 Å². The number of hydrogen-bond acceptors (Lipinski definition) is 2. The van der Waals surface area contributed by atoms with Crippen LogP contribution in [0.5, 0.6) is 5.75 Å². The van der Waals surface area contributed by atoms with E-state index in [2.05, 4.69) is 28.2 Å². The number of amides is 1. The van der Waals surface area contributed by atoms with E-state index in [9.17, 15) is 4.79 Å². The third-order valence-electron chi connectivity index (χ3n) is 3.88. The lowest BCUT2D eigenvalue weighted by atomic mass is 9.99. The maximum Gasteiger partial charge on any atom is 0.252 e. The molecule has 0 aromatic heterocycles. The average molecular weight is 326 g/mol. The van der Waals surface area contributed by atoms with Crippen molar-refractivity contribution in [2.75, 3.05) is 7.11 Å². The maximum absolute atomic E-state index is 12.3. The van der Waals surface area contributed by atoms with Gasteiger partial charge in [0.2, 0.25) is 0 Å². The lowest BCUT2D eigenvalue weighted by molar-refractivity contribution is 0.0926. The SMILES string of the molecule is COc1ccc(Br)c(C(=O)NC(C)C2CCCC2)c1. The Bertz CT molecular complexity index is 455. The molecule has 0 spiro atoms. The molecule has 104 valence electrons. The first-order valence-electron chi connectivity index (χ1n) is 6.76. The average Bonchev–Trinajstić information content (AvgIpc) is 2.93. The van der Waals surface area contributed by atoms with E-state index in [0.29, 0.717) is 17.2 Å². The highest BCUT2D eigenvalue weighted by atomic mass is 79.9. The van der Waals surface area contributed by atoms with E-state index in [0.717, 1.165) is 4.47 Å². The van der Waals surface area contributed by atoms with Crippen LogP contribution < -0.4 is 10.1 Å². The van der Waals surface area contributed by atoms with Gasteiger partial charge in [-0.3, -0.25) is 4.79 Å². The molecule has 4 heteroatoms. The highest BCUT2D eigenvalue weighted by Crippen LogP contribution is 2.28. The standard InChI is InChI=1S/C15H20BrNO2/c1-10(11-5-3-4-6-11)17-15(18)13-9-12(19-2)7-8-14(13)16/h7-11H,3-6H2,1-2H3,(H,17,18). The Kier molecular flexibility index (Phi) is 4.86. The normalized spacial score (nSPS) is 17.2. The fourth-order valence-corrected chi connectivity index (χ4v) is 3.09. The fraction of sp³-hybridized carbons (Fsp3) is 0.533. The molecule has 3 nitrogen and oxygen atoms in total. The summed E-state index contributed by atoms with van der Waals surface area (Å²) < 4.78 is 5.96. The Balaban J connectivity index is 2.06. The number of ether oxygens (including phenoxy) is 1. The van der Waals surface area contributed by atoms with Gasteiger partial charge in [-0.05, 0) is 59.8 Å². The van der Waals surface area contributed by atoms with Gasteiger partial charge in [0.25, 0.3) is 5.91 Å². The van der Waals surface area contributed by atoms with Crippen molar-refractivity contribution >= 4 is 21.8 Å². The Hall–Kier alpha value is -1.03. The molecular weight excluding hydrogens is 306 g/mol. The van der Waals surface area contributed by atoms with Crippen molar-refractivity contribution in [3.8, 4) is 5.75 Å². The Labute approximate surface area is 122 Å². The van der Waals surface area contributed by atoms with Crippen molar-refractivity contribution in [3.63, 3.8) is 0 Å². The van der Waals surface area contributed by atoms with E-state index in [-0.39, 0.29) is 11.9 Å². The summed E-state index contributed by atoms with van der Waals surface area (Å²) in [5.41, 5.74) is 0.629. The van der Waals surface area contributed by atoms with E-state index < -0.39 is 0 Å². The molecule has 0 radical (unpaired) electrons. The number of methoxy groups -OCH3 is 1. The second-order valence-electron chi connectivity index (χ2n) is 5.15. The third kappa shape index (κ3) is 3.50. The molecule has 19 heavy (non-hydrogen) atoms. The predicted octanol–water partition coefficient (Wildman–Crippen LogP) is 3.77. The number of benzene rings is 1. The Morgan fingerprint density at radius 3 is 2.74 bits per heavy atom. The summed E-state index contributed by atoms with van der Waals surface area (Å²) >= 11 is 3.42. The summed E-state index contributed by atoms with van der Waals surface area (Å²) in [6.07, 6.45) is 5.02. The molecule has 0 bridgehead atoms. The van der Waals surface area contributed by atoms with Gasteiger partial charge < -0.3 is 10.1 Å². The largest absolute Gasteiger partial charge is 0.497 e. The summed E-state index contributed by atoms with van der Waals surface area (Å²) in [5.74, 6) is 1.28. The van der Waals surface area contributed by atoms with Crippen LogP contribution in [0.3, 0.4) is 0 Å². The minimum absolute atomic E-state index is 0.0369. The molecule has 1 aromatic rings. The van der Waals surface area contributed by atoms with Gasteiger partial charge in [0.1, 0.15) is 5.75 Å². The second kappa shape index (κ2) is 6.42. The summed E-state index contributed by atoms with van der Waals surface area (Å²) in [4.78, 5) is 12.3. The van der Waals surface area contributed by atoms with Gasteiger partial charge in [0, 0.05) is 10.5 Å². The van der Waals surface area contributed by atoms with Gasteiger partial charge in [-0.15, -0.1) is 0 Å². The van der Waals surface area contributed by atoms with Gasteiger partial charge >= 0.3 is 0 Å². The summed E-state index contributed by atoms with van der Waals surface area (Å²) in [5, 5.41) is 3.11. The molecular formula is C15H20BrNO2.